The minimum absolute atomic E-state index is 0.0537. The summed E-state index contributed by atoms with van der Waals surface area (Å²) in [7, 11) is 1.90. The first-order chi connectivity index (χ1) is 16.1. The number of imide groups is 1. The van der Waals surface area contributed by atoms with Gasteiger partial charge in [0.1, 0.15) is 9.69 Å². The van der Waals surface area contributed by atoms with Gasteiger partial charge in [-0.2, -0.15) is 5.06 Å². The third-order valence-corrected chi connectivity index (χ3v) is 8.84. The highest BCUT2D eigenvalue weighted by molar-refractivity contribution is 8.23. The maximum Gasteiger partial charge on any atom is 0.269 e. The second kappa shape index (κ2) is 8.12. The highest BCUT2D eigenvalue weighted by atomic mass is 32.2. The Balaban J connectivity index is 1.58. The maximum absolute atomic E-state index is 13.7. The van der Waals surface area contributed by atoms with Crippen LogP contribution in [0, 0.1) is 16.0 Å². The van der Waals surface area contributed by atoms with E-state index in [1.54, 1.807) is 41.5 Å². The largest absolute Gasteiger partial charge is 0.353 e. The Kier molecular flexibility index (Phi) is 5.47. The standard InChI is InChI=1S/C23H22N4O5S2/c1-23(2)21(34-22(33)24(23)3)26-17(13-9-11-15(12-10-13)27(30)31)16-18(32-26)20(29)25(19(16)28)14-7-5-4-6-8-14/h4-12,16-18,21H,1-3H3. The molecule has 34 heavy (non-hydrogen) atoms. The molecule has 4 atom stereocenters. The molecule has 5 rings (SSSR count). The second-order valence-electron chi connectivity index (χ2n) is 9.00. The van der Waals surface area contributed by atoms with Crippen LogP contribution in [0.4, 0.5) is 11.4 Å². The number of likely N-dealkylation sites (N-methyl/N-ethyl adjacent to an activating group) is 1. The van der Waals surface area contributed by atoms with Gasteiger partial charge in [-0.1, -0.05) is 54.3 Å². The summed E-state index contributed by atoms with van der Waals surface area (Å²) in [6, 6.07) is 14.2. The summed E-state index contributed by atoms with van der Waals surface area (Å²) >= 11 is 6.96. The third kappa shape index (κ3) is 3.34. The zero-order chi connectivity index (χ0) is 24.4. The molecule has 9 nitrogen and oxygen atoms in total. The molecule has 3 saturated heterocycles. The van der Waals surface area contributed by atoms with Crippen molar-refractivity contribution in [1.29, 1.82) is 0 Å². The number of nitro benzene ring substituents is 1. The molecule has 0 aliphatic carbocycles. The van der Waals surface area contributed by atoms with E-state index in [1.165, 1.54) is 28.8 Å². The number of hydrogen-bond acceptors (Lipinski definition) is 8. The number of anilines is 1. The van der Waals surface area contributed by atoms with Crippen LogP contribution in [-0.2, 0) is 14.4 Å². The first kappa shape index (κ1) is 22.9. The number of fused-ring (bicyclic) bond motifs is 1. The van der Waals surface area contributed by atoms with E-state index in [9.17, 15) is 19.7 Å². The molecule has 0 saturated carbocycles. The first-order valence-corrected chi connectivity index (χ1v) is 12.0. The molecule has 2 amide bonds. The van der Waals surface area contributed by atoms with E-state index in [-0.39, 0.29) is 17.0 Å². The summed E-state index contributed by atoms with van der Waals surface area (Å²) in [5.74, 6) is -1.58. The summed E-state index contributed by atoms with van der Waals surface area (Å²) in [5.41, 5.74) is 0.638. The minimum Gasteiger partial charge on any atom is -0.353 e. The molecule has 0 N–H and O–H groups in total. The molecule has 3 fully saturated rings. The van der Waals surface area contributed by atoms with Crippen LogP contribution in [0.1, 0.15) is 25.5 Å². The van der Waals surface area contributed by atoms with Crippen molar-refractivity contribution in [2.24, 2.45) is 5.92 Å². The minimum atomic E-state index is -0.997. The fourth-order valence-corrected chi connectivity index (χ4v) is 6.52. The van der Waals surface area contributed by atoms with Crippen LogP contribution in [0.15, 0.2) is 54.6 Å². The number of thiocarbonyl (C=S) groups is 1. The SMILES string of the molecule is CN1C(=S)SC(N2OC3C(=O)N(c4ccccc4)C(=O)C3C2c2ccc([N+](=O)[O-])cc2)C1(C)C. The van der Waals surface area contributed by atoms with E-state index in [0.717, 1.165) is 0 Å². The number of thioether (sulfide) groups is 1. The van der Waals surface area contributed by atoms with Crippen molar-refractivity contribution in [3.8, 4) is 0 Å². The number of nitro groups is 1. The van der Waals surface area contributed by atoms with Crippen molar-refractivity contribution >= 4 is 51.5 Å². The number of carbonyl (C=O) groups is 2. The summed E-state index contributed by atoms with van der Waals surface area (Å²) < 4.78 is 0.682. The molecule has 0 aromatic heterocycles. The Hall–Kier alpha value is -2.86. The normalized spacial score (nSPS) is 28.6. The molecular formula is C23H22N4O5S2. The van der Waals surface area contributed by atoms with Crippen LogP contribution in [0.25, 0.3) is 0 Å². The summed E-state index contributed by atoms with van der Waals surface area (Å²) in [6.45, 7) is 4.04. The highest BCUT2D eigenvalue weighted by Crippen LogP contribution is 2.52. The van der Waals surface area contributed by atoms with Gasteiger partial charge in [0.15, 0.2) is 6.10 Å². The van der Waals surface area contributed by atoms with Gasteiger partial charge in [-0.3, -0.25) is 24.5 Å². The number of hydrogen-bond donors (Lipinski definition) is 0. The maximum atomic E-state index is 13.7. The number of amides is 2. The lowest BCUT2D eigenvalue weighted by Crippen LogP contribution is -2.51. The van der Waals surface area contributed by atoms with Crippen molar-refractivity contribution in [2.75, 3.05) is 11.9 Å². The van der Waals surface area contributed by atoms with E-state index in [4.69, 9.17) is 17.1 Å². The van der Waals surface area contributed by atoms with E-state index < -0.39 is 34.4 Å². The number of carbonyl (C=O) groups excluding carboxylic acids is 2. The molecule has 176 valence electrons. The predicted molar refractivity (Wildman–Crippen MR) is 131 cm³/mol. The lowest BCUT2D eigenvalue weighted by atomic mass is 9.90. The van der Waals surface area contributed by atoms with Gasteiger partial charge in [0.25, 0.3) is 11.6 Å². The third-order valence-electron chi connectivity index (χ3n) is 6.79. The lowest BCUT2D eigenvalue weighted by Gasteiger charge is -2.39. The van der Waals surface area contributed by atoms with Gasteiger partial charge in [-0.15, -0.1) is 0 Å². The number of hydroxylamine groups is 2. The Bertz CT molecular complexity index is 1190. The van der Waals surface area contributed by atoms with Crippen LogP contribution in [-0.4, -0.2) is 55.1 Å². The van der Waals surface area contributed by atoms with Crippen LogP contribution in [0.3, 0.4) is 0 Å². The molecular weight excluding hydrogens is 476 g/mol. The van der Waals surface area contributed by atoms with Crippen molar-refractivity contribution < 1.29 is 19.3 Å². The monoisotopic (exact) mass is 498 g/mol. The van der Waals surface area contributed by atoms with Gasteiger partial charge in [0.2, 0.25) is 5.91 Å². The van der Waals surface area contributed by atoms with Gasteiger partial charge in [-0.25, -0.2) is 4.90 Å². The fraction of sp³-hybridized carbons (Fsp3) is 0.348. The average Bonchev–Trinajstić information content (AvgIpc) is 3.39. The predicted octanol–water partition coefficient (Wildman–Crippen LogP) is 3.51. The Morgan fingerprint density at radius 2 is 1.71 bits per heavy atom. The Labute approximate surface area is 205 Å². The van der Waals surface area contributed by atoms with Gasteiger partial charge in [0, 0.05) is 19.2 Å². The number of para-hydroxylation sites is 1. The Morgan fingerprint density at radius 3 is 2.26 bits per heavy atom. The van der Waals surface area contributed by atoms with Crippen molar-refractivity contribution in [2.45, 2.75) is 36.9 Å². The van der Waals surface area contributed by atoms with Crippen LogP contribution in [0.5, 0.6) is 0 Å². The summed E-state index contributed by atoms with van der Waals surface area (Å²) in [6.07, 6.45) is -0.997. The lowest BCUT2D eigenvalue weighted by molar-refractivity contribution is -0.384. The molecule has 0 bridgehead atoms. The van der Waals surface area contributed by atoms with E-state index in [0.29, 0.717) is 15.6 Å². The van der Waals surface area contributed by atoms with Crippen molar-refractivity contribution in [1.82, 2.24) is 9.96 Å². The molecule has 11 heteroatoms. The summed E-state index contributed by atoms with van der Waals surface area (Å²) in [4.78, 5) is 47.2. The number of benzene rings is 2. The molecule has 2 aromatic carbocycles. The van der Waals surface area contributed by atoms with E-state index in [1.807, 2.05) is 31.9 Å². The van der Waals surface area contributed by atoms with Gasteiger partial charge in [0.05, 0.1) is 28.1 Å². The zero-order valence-corrected chi connectivity index (χ0v) is 20.3. The molecule has 3 aliphatic heterocycles. The molecule has 0 radical (unpaired) electrons. The fourth-order valence-electron chi connectivity index (χ4n) is 4.70. The highest BCUT2D eigenvalue weighted by Gasteiger charge is 2.63. The molecule has 0 spiro atoms. The quantitative estimate of drug-likeness (QED) is 0.272. The smallest absolute Gasteiger partial charge is 0.269 e. The van der Waals surface area contributed by atoms with Crippen molar-refractivity contribution in [3.05, 3.63) is 70.3 Å². The molecule has 3 heterocycles. The number of nitrogens with zero attached hydrogens (tertiary/aromatic N) is 4. The molecule has 3 aliphatic rings. The number of rotatable bonds is 4. The van der Waals surface area contributed by atoms with E-state index >= 15 is 0 Å². The van der Waals surface area contributed by atoms with Gasteiger partial charge < -0.3 is 4.90 Å². The van der Waals surface area contributed by atoms with E-state index in [2.05, 4.69) is 0 Å². The van der Waals surface area contributed by atoms with Crippen LogP contribution in [0.2, 0.25) is 0 Å². The summed E-state index contributed by atoms with van der Waals surface area (Å²) in [5, 5.41) is 12.6. The topological polar surface area (TPSA) is 96.2 Å². The van der Waals surface area contributed by atoms with Gasteiger partial charge >= 0.3 is 0 Å². The molecule has 2 aromatic rings. The van der Waals surface area contributed by atoms with Crippen molar-refractivity contribution in [3.63, 3.8) is 0 Å². The van der Waals surface area contributed by atoms with Crippen LogP contribution >= 0.6 is 24.0 Å². The number of non-ortho nitro benzene ring substituents is 1. The van der Waals surface area contributed by atoms with Crippen LogP contribution < -0.4 is 4.90 Å². The zero-order valence-electron chi connectivity index (χ0n) is 18.7. The Morgan fingerprint density at radius 1 is 1.06 bits per heavy atom. The second-order valence-corrected chi connectivity index (χ2v) is 10.7. The van der Waals surface area contributed by atoms with Gasteiger partial charge in [-0.05, 0) is 31.5 Å². The average molecular weight is 499 g/mol. The molecule has 4 unspecified atom stereocenters. The first-order valence-electron chi connectivity index (χ1n) is 10.7.